The quantitative estimate of drug-likeness (QED) is 0.164. The fraction of sp³-hybridized carbons (Fsp3) is 0.184. The summed E-state index contributed by atoms with van der Waals surface area (Å²) in [6, 6.07) is 39.5. The predicted octanol–water partition coefficient (Wildman–Crippen LogP) is 10.0. The molecule has 4 heteroatoms. The number of hydrogen-bond acceptors (Lipinski definition) is 3. The van der Waals surface area contributed by atoms with Gasteiger partial charge in [0.2, 0.25) is 0 Å². The smallest absolute Gasteiger partial charge is 0.193 e. The minimum absolute atomic E-state index is 0.0544. The highest BCUT2D eigenvalue weighted by Crippen LogP contribution is 2.38. The summed E-state index contributed by atoms with van der Waals surface area (Å²) >= 11 is 5.95. The van der Waals surface area contributed by atoms with Gasteiger partial charge in [0.15, 0.2) is 5.78 Å². The van der Waals surface area contributed by atoms with Gasteiger partial charge >= 0.3 is 0 Å². The van der Waals surface area contributed by atoms with E-state index in [1.54, 1.807) is 43.5 Å². The van der Waals surface area contributed by atoms with Crippen molar-refractivity contribution in [2.24, 2.45) is 0 Å². The highest BCUT2D eigenvalue weighted by atomic mass is 35.5. The third-order valence-electron chi connectivity index (χ3n) is 8.15. The van der Waals surface area contributed by atoms with Crippen molar-refractivity contribution >= 4 is 17.4 Å². The highest BCUT2D eigenvalue weighted by Gasteiger charge is 2.28. The lowest BCUT2D eigenvalue weighted by molar-refractivity contribution is 0.103. The van der Waals surface area contributed by atoms with Crippen molar-refractivity contribution in [3.63, 3.8) is 0 Å². The van der Waals surface area contributed by atoms with Gasteiger partial charge < -0.3 is 9.47 Å². The van der Waals surface area contributed by atoms with E-state index >= 15 is 0 Å². The third kappa shape index (κ3) is 6.12. The summed E-state index contributed by atoms with van der Waals surface area (Å²) in [6.07, 6.45) is 0. The summed E-state index contributed by atoms with van der Waals surface area (Å²) in [5, 5.41) is 0.604. The van der Waals surface area contributed by atoms with Gasteiger partial charge in [-0.3, -0.25) is 4.79 Å². The van der Waals surface area contributed by atoms with Gasteiger partial charge in [0.1, 0.15) is 17.2 Å². The van der Waals surface area contributed by atoms with E-state index in [9.17, 15) is 4.79 Å². The van der Waals surface area contributed by atoms with Crippen LogP contribution >= 0.6 is 11.6 Å². The predicted molar refractivity (Wildman–Crippen MR) is 172 cm³/mol. The lowest BCUT2D eigenvalue weighted by Gasteiger charge is -2.31. The van der Waals surface area contributed by atoms with E-state index in [1.807, 2.05) is 36.4 Å². The number of halogens is 1. The minimum Gasteiger partial charge on any atom is -0.497 e. The SMILES string of the molecule is COc1ccc(C(C)(C)c2cccc(C(C)(C)c3ccc(Oc4ccc(C(=O)c5ccc(Cl)cc5)cc4)cc3)c2)cc1. The Labute approximate surface area is 253 Å². The van der Waals surface area contributed by atoms with Crippen molar-refractivity contribution in [3.8, 4) is 17.2 Å². The Balaban J connectivity index is 1.30. The van der Waals surface area contributed by atoms with Gasteiger partial charge in [-0.1, -0.05) is 87.8 Å². The summed E-state index contributed by atoms with van der Waals surface area (Å²) in [4.78, 5) is 12.8. The molecular formula is C38H35ClO3. The van der Waals surface area contributed by atoms with Crippen LogP contribution in [0.3, 0.4) is 0 Å². The molecule has 0 saturated carbocycles. The fourth-order valence-corrected chi connectivity index (χ4v) is 5.28. The molecule has 0 aromatic heterocycles. The summed E-state index contributed by atoms with van der Waals surface area (Å²) in [5.74, 6) is 2.21. The molecule has 0 unspecified atom stereocenters. The average Bonchev–Trinajstić information content (AvgIpc) is 3.02. The Hall–Kier alpha value is -4.34. The van der Waals surface area contributed by atoms with Gasteiger partial charge in [0.05, 0.1) is 7.11 Å². The van der Waals surface area contributed by atoms with Crippen molar-refractivity contribution in [1.29, 1.82) is 0 Å². The molecule has 0 heterocycles. The standard InChI is InChI=1S/C38H35ClO3/c1-37(2,28-13-21-33(41-5)22-14-28)30-7-6-8-31(25-30)38(3,4)29-15-23-35(24-16-29)42-34-19-11-27(12-20-34)36(40)26-9-17-32(39)18-10-26/h6-25H,1-5H3. The van der Waals surface area contributed by atoms with Crippen molar-refractivity contribution in [1.82, 2.24) is 0 Å². The van der Waals surface area contributed by atoms with Gasteiger partial charge in [-0.05, 0) is 95.1 Å². The highest BCUT2D eigenvalue weighted by molar-refractivity contribution is 6.30. The molecule has 0 N–H and O–H groups in total. The molecule has 42 heavy (non-hydrogen) atoms. The number of hydrogen-bond donors (Lipinski definition) is 0. The molecule has 0 radical (unpaired) electrons. The lowest BCUT2D eigenvalue weighted by atomic mass is 9.73. The van der Waals surface area contributed by atoms with Crippen LogP contribution in [0.4, 0.5) is 0 Å². The van der Waals surface area contributed by atoms with Gasteiger partial charge in [0, 0.05) is 27.0 Å². The molecular weight excluding hydrogens is 540 g/mol. The zero-order valence-electron chi connectivity index (χ0n) is 24.6. The molecule has 0 aliphatic heterocycles. The summed E-state index contributed by atoms with van der Waals surface area (Å²) in [6.45, 7) is 9.01. The first-order valence-electron chi connectivity index (χ1n) is 14.0. The van der Waals surface area contributed by atoms with Crippen LogP contribution in [0.25, 0.3) is 0 Å². The molecule has 0 spiro atoms. The number of methoxy groups -OCH3 is 1. The van der Waals surface area contributed by atoms with Crippen LogP contribution in [0.15, 0.2) is 121 Å². The van der Waals surface area contributed by atoms with Crippen molar-refractivity contribution in [3.05, 3.63) is 160 Å². The maximum Gasteiger partial charge on any atom is 0.193 e. The van der Waals surface area contributed by atoms with E-state index in [-0.39, 0.29) is 16.6 Å². The normalized spacial score (nSPS) is 11.7. The molecule has 0 atom stereocenters. The van der Waals surface area contributed by atoms with E-state index in [1.165, 1.54) is 22.3 Å². The largest absolute Gasteiger partial charge is 0.497 e. The Morgan fingerprint density at radius 2 is 0.952 bits per heavy atom. The molecule has 5 aromatic rings. The van der Waals surface area contributed by atoms with E-state index in [0.29, 0.717) is 21.9 Å². The number of carbonyl (C=O) groups excluding carboxylic acids is 1. The molecule has 0 aliphatic rings. The maximum atomic E-state index is 12.8. The Bertz CT molecular complexity index is 1670. The van der Waals surface area contributed by atoms with Gasteiger partial charge in [-0.15, -0.1) is 0 Å². The Morgan fingerprint density at radius 1 is 0.548 bits per heavy atom. The molecule has 0 aliphatic carbocycles. The van der Waals surface area contributed by atoms with Crippen LogP contribution in [0.1, 0.15) is 65.9 Å². The fourth-order valence-electron chi connectivity index (χ4n) is 5.16. The molecule has 0 saturated heterocycles. The summed E-state index contributed by atoms with van der Waals surface area (Å²) in [7, 11) is 1.69. The molecule has 212 valence electrons. The number of carbonyl (C=O) groups is 1. The van der Waals surface area contributed by atoms with Gasteiger partial charge in [0.25, 0.3) is 0 Å². The summed E-state index contributed by atoms with van der Waals surface area (Å²) < 4.78 is 11.4. The van der Waals surface area contributed by atoms with E-state index in [4.69, 9.17) is 21.1 Å². The lowest BCUT2D eigenvalue weighted by Crippen LogP contribution is -2.22. The second kappa shape index (κ2) is 11.9. The minimum atomic E-state index is -0.214. The van der Waals surface area contributed by atoms with Crippen LogP contribution in [0.5, 0.6) is 17.2 Å². The molecule has 0 amide bonds. The summed E-state index contributed by atoms with van der Waals surface area (Å²) in [5.41, 5.74) is 5.76. The zero-order valence-corrected chi connectivity index (χ0v) is 25.4. The first-order valence-corrected chi connectivity index (χ1v) is 14.4. The van der Waals surface area contributed by atoms with Crippen LogP contribution in [0.2, 0.25) is 5.02 Å². The number of rotatable bonds is 9. The number of ketones is 1. The van der Waals surface area contributed by atoms with Crippen LogP contribution in [-0.2, 0) is 10.8 Å². The monoisotopic (exact) mass is 574 g/mol. The molecule has 0 fully saturated rings. The molecule has 5 rings (SSSR count). The number of benzene rings is 5. The van der Waals surface area contributed by atoms with Crippen molar-refractivity contribution in [2.75, 3.05) is 7.11 Å². The second-order valence-electron chi connectivity index (χ2n) is 11.5. The number of ether oxygens (including phenoxy) is 2. The Morgan fingerprint density at radius 3 is 1.40 bits per heavy atom. The topological polar surface area (TPSA) is 35.5 Å². The van der Waals surface area contributed by atoms with E-state index in [2.05, 4.69) is 76.2 Å². The van der Waals surface area contributed by atoms with E-state index in [0.717, 1.165) is 11.5 Å². The molecule has 3 nitrogen and oxygen atoms in total. The molecule has 5 aromatic carbocycles. The van der Waals surface area contributed by atoms with Gasteiger partial charge in [-0.25, -0.2) is 0 Å². The maximum absolute atomic E-state index is 12.8. The van der Waals surface area contributed by atoms with Gasteiger partial charge in [-0.2, -0.15) is 0 Å². The Kier molecular flexibility index (Phi) is 8.24. The van der Waals surface area contributed by atoms with Crippen LogP contribution in [0, 0.1) is 0 Å². The first-order chi connectivity index (χ1) is 20.1. The van der Waals surface area contributed by atoms with Crippen LogP contribution < -0.4 is 9.47 Å². The second-order valence-corrected chi connectivity index (χ2v) is 12.0. The first kappa shape index (κ1) is 29.2. The average molecular weight is 575 g/mol. The van der Waals surface area contributed by atoms with E-state index < -0.39 is 0 Å². The van der Waals surface area contributed by atoms with Crippen molar-refractivity contribution < 1.29 is 14.3 Å². The third-order valence-corrected chi connectivity index (χ3v) is 8.40. The van der Waals surface area contributed by atoms with Crippen LogP contribution in [-0.4, -0.2) is 12.9 Å². The molecule has 0 bridgehead atoms. The van der Waals surface area contributed by atoms with Crippen molar-refractivity contribution in [2.45, 2.75) is 38.5 Å². The zero-order chi connectivity index (χ0) is 29.9.